The predicted molar refractivity (Wildman–Crippen MR) is 107 cm³/mol. The monoisotopic (exact) mass is 414 g/mol. The number of nitrogens with two attached hydrogens (primary N) is 1. The topological polar surface area (TPSA) is 83.0 Å². The number of nitrogens with zero attached hydrogens (tertiary/aromatic N) is 3. The summed E-state index contributed by atoms with van der Waals surface area (Å²) >= 11 is 6.42. The minimum absolute atomic E-state index is 0.248. The van der Waals surface area contributed by atoms with Gasteiger partial charge in [-0.2, -0.15) is 0 Å². The van der Waals surface area contributed by atoms with Crippen molar-refractivity contribution in [2.45, 2.75) is 38.3 Å². The molecular weight excluding hydrogens is 395 g/mol. The fraction of sp³-hybridized carbons (Fsp3) is 0.286. The van der Waals surface area contributed by atoms with E-state index in [1.54, 1.807) is 24.3 Å². The zero-order chi connectivity index (χ0) is 20.8. The number of hydrogen-bond acceptors (Lipinski definition) is 4. The Morgan fingerprint density at radius 2 is 1.90 bits per heavy atom. The first-order valence-electron chi connectivity index (χ1n) is 9.26. The van der Waals surface area contributed by atoms with Gasteiger partial charge < -0.3 is 15.0 Å². The molecular formula is C21H20ClFN4O2. The summed E-state index contributed by atoms with van der Waals surface area (Å²) in [5.74, 6) is 0.921. The van der Waals surface area contributed by atoms with Gasteiger partial charge in [-0.25, -0.2) is 4.39 Å². The van der Waals surface area contributed by atoms with Crippen LogP contribution >= 0.6 is 11.6 Å². The molecule has 0 saturated heterocycles. The number of carbonyl (C=O) groups excluding carboxylic acids is 1. The lowest BCUT2D eigenvalue weighted by Gasteiger charge is -2.26. The van der Waals surface area contributed by atoms with E-state index in [9.17, 15) is 9.18 Å². The molecule has 6 nitrogen and oxygen atoms in total. The number of ether oxygens (including phenoxy) is 1. The number of halogens is 2. The Morgan fingerprint density at radius 3 is 2.48 bits per heavy atom. The molecule has 0 spiro atoms. The molecule has 1 amide bonds. The molecule has 2 N–H and O–H groups in total. The average molecular weight is 415 g/mol. The normalized spacial score (nSPS) is 14.1. The molecule has 1 aliphatic carbocycles. The SMILES string of the molecule is CC(C)(Oc1ccc(F)cc1)c1nnc(-c2ccc(C(N)=O)cc2Cl)n1C1CC1. The van der Waals surface area contributed by atoms with Crippen LogP contribution in [0.25, 0.3) is 11.4 Å². The van der Waals surface area contributed by atoms with Crippen molar-refractivity contribution in [3.63, 3.8) is 0 Å². The maximum atomic E-state index is 13.2. The molecule has 0 radical (unpaired) electrons. The van der Waals surface area contributed by atoms with Crippen LogP contribution in [0, 0.1) is 5.82 Å². The third-order valence-electron chi connectivity index (χ3n) is 4.83. The number of benzene rings is 2. The lowest BCUT2D eigenvalue weighted by Crippen LogP contribution is -2.29. The Kier molecular flexibility index (Phi) is 4.78. The van der Waals surface area contributed by atoms with E-state index in [0.29, 0.717) is 33.5 Å². The van der Waals surface area contributed by atoms with Gasteiger partial charge in [-0.3, -0.25) is 4.79 Å². The van der Waals surface area contributed by atoms with Crippen molar-refractivity contribution >= 4 is 17.5 Å². The van der Waals surface area contributed by atoms with Crippen LogP contribution in [0.2, 0.25) is 5.02 Å². The summed E-state index contributed by atoms with van der Waals surface area (Å²) in [5.41, 5.74) is 5.52. The number of carbonyl (C=O) groups is 1. The van der Waals surface area contributed by atoms with Crippen LogP contribution < -0.4 is 10.5 Å². The maximum Gasteiger partial charge on any atom is 0.248 e. The zero-order valence-electron chi connectivity index (χ0n) is 16.0. The van der Waals surface area contributed by atoms with Crippen LogP contribution in [-0.2, 0) is 5.60 Å². The van der Waals surface area contributed by atoms with Crippen LogP contribution in [0.1, 0.15) is 48.9 Å². The van der Waals surface area contributed by atoms with E-state index in [-0.39, 0.29) is 11.9 Å². The van der Waals surface area contributed by atoms with Gasteiger partial charge in [0.05, 0.1) is 5.02 Å². The first-order chi connectivity index (χ1) is 13.8. The quantitative estimate of drug-likeness (QED) is 0.644. The molecule has 0 atom stereocenters. The molecule has 3 aromatic rings. The van der Waals surface area contributed by atoms with Gasteiger partial charge >= 0.3 is 0 Å². The van der Waals surface area contributed by atoms with Crippen LogP contribution in [-0.4, -0.2) is 20.7 Å². The highest BCUT2D eigenvalue weighted by atomic mass is 35.5. The summed E-state index contributed by atoms with van der Waals surface area (Å²) in [6, 6.07) is 11.0. The van der Waals surface area contributed by atoms with Crippen LogP contribution in [0.15, 0.2) is 42.5 Å². The zero-order valence-corrected chi connectivity index (χ0v) is 16.8. The summed E-state index contributed by atoms with van der Waals surface area (Å²) in [6.07, 6.45) is 2.00. The van der Waals surface area contributed by atoms with Gasteiger partial charge in [-0.05, 0) is 69.2 Å². The lowest BCUT2D eigenvalue weighted by molar-refractivity contribution is 0.0935. The molecule has 1 heterocycles. The second-order valence-electron chi connectivity index (χ2n) is 7.57. The predicted octanol–water partition coefficient (Wildman–Crippen LogP) is 4.49. The van der Waals surface area contributed by atoms with Gasteiger partial charge in [0, 0.05) is 17.2 Å². The Morgan fingerprint density at radius 1 is 1.21 bits per heavy atom. The lowest BCUT2D eigenvalue weighted by atomic mass is 10.1. The van der Waals surface area contributed by atoms with Crippen molar-refractivity contribution in [3.8, 4) is 17.1 Å². The fourth-order valence-electron chi connectivity index (χ4n) is 3.26. The third kappa shape index (κ3) is 3.82. The number of hydrogen-bond donors (Lipinski definition) is 1. The molecule has 0 unspecified atom stereocenters. The Bertz CT molecular complexity index is 1070. The Labute approximate surface area is 172 Å². The van der Waals surface area contributed by atoms with E-state index in [0.717, 1.165) is 12.8 Å². The Balaban J connectivity index is 1.74. The number of aromatic nitrogens is 3. The van der Waals surface area contributed by atoms with E-state index in [2.05, 4.69) is 10.2 Å². The van der Waals surface area contributed by atoms with Crippen LogP contribution in [0.4, 0.5) is 4.39 Å². The van der Waals surface area contributed by atoms with Crippen molar-refractivity contribution in [1.29, 1.82) is 0 Å². The first kappa shape index (κ1) is 19.4. The molecule has 29 heavy (non-hydrogen) atoms. The van der Waals surface area contributed by atoms with Crippen molar-refractivity contribution < 1.29 is 13.9 Å². The van der Waals surface area contributed by atoms with E-state index in [4.69, 9.17) is 22.1 Å². The smallest absolute Gasteiger partial charge is 0.248 e. The molecule has 1 aliphatic rings. The minimum atomic E-state index is -0.814. The molecule has 150 valence electrons. The molecule has 0 bridgehead atoms. The standard InChI is InChI=1S/C21H20ClFN4O2/c1-21(2,29-15-8-4-13(23)5-9-15)20-26-25-19(27(20)14-6-7-14)16-10-3-12(18(24)28)11-17(16)22/h3-5,8-11,14H,6-7H2,1-2H3,(H2,24,28). The van der Waals surface area contributed by atoms with E-state index < -0.39 is 11.5 Å². The van der Waals surface area contributed by atoms with Crippen molar-refractivity contribution in [3.05, 3.63) is 64.7 Å². The van der Waals surface area contributed by atoms with Gasteiger partial charge in [0.25, 0.3) is 0 Å². The highest BCUT2D eigenvalue weighted by molar-refractivity contribution is 6.33. The second kappa shape index (κ2) is 7.15. The molecule has 2 aromatic carbocycles. The fourth-order valence-corrected chi connectivity index (χ4v) is 3.52. The number of amides is 1. The summed E-state index contributed by atoms with van der Waals surface area (Å²) < 4.78 is 21.3. The van der Waals surface area contributed by atoms with Gasteiger partial charge in [0.15, 0.2) is 17.2 Å². The van der Waals surface area contributed by atoms with Crippen LogP contribution in [0.3, 0.4) is 0 Å². The van der Waals surface area contributed by atoms with Gasteiger partial charge in [-0.1, -0.05) is 11.6 Å². The van der Waals surface area contributed by atoms with E-state index in [1.807, 2.05) is 18.4 Å². The number of rotatable bonds is 6. The maximum absolute atomic E-state index is 13.2. The molecule has 1 fully saturated rings. The van der Waals surface area contributed by atoms with Gasteiger partial charge in [-0.15, -0.1) is 10.2 Å². The van der Waals surface area contributed by atoms with Crippen molar-refractivity contribution in [1.82, 2.24) is 14.8 Å². The van der Waals surface area contributed by atoms with Crippen molar-refractivity contribution in [2.24, 2.45) is 5.73 Å². The third-order valence-corrected chi connectivity index (χ3v) is 5.14. The summed E-state index contributed by atoms with van der Waals surface area (Å²) in [6.45, 7) is 3.78. The van der Waals surface area contributed by atoms with Gasteiger partial charge in [0.1, 0.15) is 11.6 Å². The molecule has 8 heteroatoms. The largest absolute Gasteiger partial charge is 0.480 e. The molecule has 1 aromatic heterocycles. The van der Waals surface area contributed by atoms with Gasteiger partial charge in [0.2, 0.25) is 5.91 Å². The van der Waals surface area contributed by atoms with E-state index in [1.165, 1.54) is 18.2 Å². The van der Waals surface area contributed by atoms with E-state index >= 15 is 0 Å². The summed E-state index contributed by atoms with van der Waals surface area (Å²) in [5, 5.41) is 9.15. The van der Waals surface area contributed by atoms with Crippen molar-refractivity contribution in [2.75, 3.05) is 0 Å². The molecule has 4 rings (SSSR count). The average Bonchev–Trinajstić information content (AvgIpc) is 3.41. The highest BCUT2D eigenvalue weighted by Crippen LogP contribution is 2.43. The Hall–Kier alpha value is -2.93. The number of primary amides is 1. The van der Waals surface area contributed by atoms with Crippen LogP contribution in [0.5, 0.6) is 5.75 Å². The highest BCUT2D eigenvalue weighted by Gasteiger charge is 2.37. The second-order valence-corrected chi connectivity index (χ2v) is 7.98. The molecule has 1 saturated carbocycles. The minimum Gasteiger partial charge on any atom is -0.480 e. The molecule has 0 aliphatic heterocycles. The first-order valence-corrected chi connectivity index (χ1v) is 9.64. The summed E-state index contributed by atoms with van der Waals surface area (Å²) in [4.78, 5) is 11.4. The summed E-state index contributed by atoms with van der Waals surface area (Å²) in [7, 11) is 0.